The Hall–Kier alpha value is -0.860. The second kappa shape index (κ2) is 6.59. The van der Waals surface area contributed by atoms with E-state index >= 15 is 0 Å². The molecule has 2 atom stereocenters. The van der Waals surface area contributed by atoms with E-state index in [9.17, 15) is 0 Å². The first kappa shape index (κ1) is 12.2. The monoisotopic (exact) mass is 206 g/mol. The number of hydrogen-bond donors (Lipinski definition) is 2. The molecule has 0 aliphatic carbocycles. The van der Waals surface area contributed by atoms with Crippen LogP contribution in [0.25, 0.3) is 0 Å². The van der Waals surface area contributed by atoms with Gasteiger partial charge in [0.1, 0.15) is 0 Å². The highest BCUT2D eigenvalue weighted by Gasteiger charge is 2.11. The van der Waals surface area contributed by atoms with Gasteiger partial charge in [0.15, 0.2) is 0 Å². The predicted octanol–water partition coefficient (Wildman–Crippen LogP) is 2.46. The molecule has 0 spiro atoms. The second-order valence-corrected chi connectivity index (χ2v) is 4.06. The van der Waals surface area contributed by atoms with E-state index in [1.165, 1.54) is 18.4 Å². The van der Waals surface area contributed by atoms with Crippen molar-refractivity contribution in [1.29, 1.82) is 0 Å². The Morgan fingerprint density at radius 3 is 2.47 bits per heavy atom. The van der Waals surface area contributed by atoms with Gasteiger partial charge in [0, 0.05) is 18.6 Å². The van der Waals surface area contributed by atoms with E-state index in [-0.39, 0.29) is 6.04 Å². The number of nitrogens with two attached hydrogens (primary N) is 1. The van der Waals surface area contributed by atoms with E-state index < -0.39 is 0 Å². The van der Waals surface area contributed by atoms with Crippen LogP contribution in [0, 0.1) is 0 Å². The van der Waals surface area contributed by atoms with Gasteiger partial charge in [0.2, 0.25) is 0 Å². The van der Waals surface area contributed by atoms with Crippen LogP contribution in [0.2, 0.25) is 0 Å². The van der Waals surface area contributed by atoms with Gasteiger partial charge in [-0.15, -0.1) is 0 Å². The average molecular weight is 206 g/mol. The summed E-state index contributed by atoms with van der Waals surface area (Å²) in [6.45, 7) is 5.07. The second-order valence-electron chi connectivity index (χ2n) is 4.06. The maximum Gasteiger partial charge on any atom is 0.0446 e. The van der Waals surface area contributed by atoms with E-state index in [1.54, 1.807) is 0 Å². The van der Waals surface area contributed by atoms with Crippen LogP contribution in [-0.4, -0.2) is 12.6 Å². The third-order valence-electron chi connectivity index (χ3n) is 2.65. The zero-order chi connectivity index (χ0) is 11.1. The molecule has 0 aliphatic rings. The lowest BCUT2D eigenvalue weighted by Crippen LogP contribution is -2.34. The zero-order valence-electron chi connectivity index (χ0n) is 9.74. The summed E-state index contributed by atoms with van der Waals surface area (Å²) in [5.41, 5.74) is 7.07. The molecule has 0 fully saturated rings. The number of benzene rings is 1. The molecule has 2 heteroatoms. The Labute approximate surface area is 92.9 Å². The van der Waals surface area contributed by atoms with Gasteiger partial charge in [-0.3, -0.25) is 0 Å². The minimum atomic E-state index is 0.285. The molecule has 2 nitrogen and oxygen atoms in total. The fourth-order valence-corrected chi connectivity index (χ4v) is 1.85. The lowest BCUT2D eigenvalue weighted by Gasteiger charge is -2.22. The van der Waals surface area contributed by atoms with Crippen molar-refractivity contribution < 1.29 is 0 Å². The first-order valence-corrected chi connectivity index (χ1v) is 5.79. The molecular formula is C13H22N2. The van der Waals surface area contributed by atoms with Crippen molar-refractivity contribution >= 4 is 0 Å². The fraction of sp³-hybridized carbons (Fsp3) is 0.538. The van der Waals surface area contributed by atoms with Crippen LogP contribution < -0.4 is 11.1 Å². The molecule has 1 aromatic rings. The van der Waals surface area contributed by atoms with E-state index in [4.69, 9.17) is 5.73 Å². The first-order chi connectivity index (χ1) is 7.27. The molecule has 3 N–H and O–H groups in total. The molecule has 1 rings (SSSR count). The highest BCUT2D eigenvalue weighted by Crippen LogP contribution is 2.12. The predicted molar refractivity (Wildman–Crippen MR) is 65.7 cm³/mol. The zero-order valence-corrected chi connectivity index (χ0v) is 9.74. The van der Waals surface area contributed by atoms with E-state index in [0.29, 0.717) is 12.6 Å². The summed E-state index contributed by atoms with van der Waals surface area (Å²) in [6, 6.07) is 11.2. The van der Waals surface area contributed by atoms with Gasteiger partial charge in [-0.25, -0.2) is 0 Å². The van der Waals surface area contributed by atoms with Crippen LogP contribution in [0.3, 0.4) is 0 Å². The molecule has 0 aliphatic heterocycles. The van der Waals surface area contributed by atoms with Crippen LogP contribution in [-0.2, 0) is 0 Å². The van der Waals surface area contributed by atoms with Crippen LogP contribution in [0.15, 0.2) is 30.3 Å². The average Bonchev–Trinajstić information content (AvgIpc) is 2.27. The lowest BCUT2D eigenvalue weighted by atomic mass is 10.1. The summed E-state index contributed by atoms with van der Waals surface area (Å²) < 4.78 is 0. The van der Waals surface area contributed by atoms with Gasteiger partial charge < -0.3 is 11.1 Å². The van der Waals surface area contributed by atoms with E-state index in [0.717, 1.165) is 0 Å². The molecule has 0 radical (unpaired) electrons. The molecular weight excluding hydrogens is 184 g/mol. The normalized spacial score (nSPS) is 14.9. The van der Waals surface area contributed by atoms with E-state index in [1.807, 2.05) is 6.07 Å². The third kappa shape index (κ3) is 4.02. The minimum Gasteiger partial charge on any atom is -0.329 e. The van der Waals surface area contributed by atoms with Gasteiger partial charge in [-0.2, -0.15) is 0 Å². The molecule has 1 aromatic carbocycles. The summed E-state index contributed by atoms with van der Waals surface area (Å²) in [5.74, 6) is 0. The molecule has 2 unspecified atom stereocenters. The van der Waals surface area contributed by atoms with Crippen LogP contribution in [0.1, 0.15) is 38.3 Å². The number of rotatable bonds is 6. The quantitative estimate of drug-likeness (QED) is 0.750. The largest absolute Gasteiger partial charge is 0.329 e. The van der Waals surface area contributed by atoms with Gasteiger partial charge in [0.25, 0.3) is 0 Å². The van der Waals surface area contributed by atoms with Crippen LogP contribution in [0.5, 0.6) is 0 Å². The summed E-state index contributed by atoms with van der Waals surface area (Å²) in [7, 11) is 0. The molecule has 0 heterocycles. The van der Waals surface area contributed by atoms with Gasteiger partial charge in [0.05, 0.1) is 0 Å². The standard InChI is InChI=1S/C13H22N2/c1-3-7-11(2)15-13(10-14)12-8-5-4-6-9-12/h4-6,8-9,11,13,15H,3,7,10,14H2,1-2H3. The molecule has 0 amide bonds. The summed E-state index contributed by atoms with van der Waals surface area (Å²) in [6.07, 6.45) is 2.41. The molecule has 0 bridgehead atoms. The molecule has 15 heavy (non-hydrogen) atoms. The highest BCUT2D eigenvalue weighted by atomic mass is 15.0. The van der Waals surface area contributed by atoms with Crippen molar-refractivity contribution in [1.82, 2.24) is 5.32 Å². The fourth-order valence-electron chi connectivity index (χ4n) is 1.85. The first-order valence-electron chi connectivity index (χ1n) is 5.79. The van der Waals surface area contributed by atoms with Crippen molar-refractivity contribution in [2.24, 2.45) is 5.73 Å². The smallest absolute Gasteiger partial charge is 0.0446 e. The molecule has 0 saturated carbocycles. The topological polar surface area (TPSA) is 38.0 Å². The Kier molecular flexibility index (Phi) is 5.37. The van der Waals surface area contributed by atoms with Crippen molar-refractivity contribution in [3.05, 3.63) is 35.9 Å². The van der Waals surface area contributed by atoms with Crippen molar-refractivity contribution in [2.45, 2.75) is 38.8 Å². The number of hydrogen-bond acceptors (Lipinski definition) is 2. The van der Waals surface area contributed by atoms with Crippen LogP contribution >= 0.6 is 0 Å². The Bertz CT molecular complexity index is 258. The van der Waals surface area contributed by atoms with Crippen molar-refractivity contribution in [2.75, 3.05) is 6.54 Å². The Balaban J connectivity index is 2.56. The summed E-state index contributed by atoms with van der Waals surface area (Å²) in [5, 5.41) is 3.56. The van der Waals surface area contributed by atoms with Crippen LogP contribution in [0.4, 0.5) is 0 Å². The maximum absolute atomic E-state index is 5.79. The Morgan fingerprint density at radius 2 is 1.93 bits per heavy atom. The summed E-state index contributed by atoms with van der Waals surface area (Å²) in [4.78, 5) is 0. The summed E-state index contributed by atoms with van der Waals surface area (Å²) >= 11 is 0. The molecule has 0 saturated heterocycles. The highest BCUT2D eigenvalue weighted by molar-refractivity contribution is 5.19. The molecule has 0 aromatic heterocycles. The van der Waals surface area contributed by atoms with Crippen molar-refractivity contribution in [3.8, 4) is 0 Å². The Morgan fingerprint density at radius 1 is 1.27 bits per heavy atom. The lowest BCUT2D eigenvalue weighted by molar-refractivity contribution is 0.437. The molecule has 84 valence electrons. The van der Waals surface area contributed by atoms with Crippen molar-refractivity contribution in [3.63, 3.8) is 0 Å². The van der Waals surface area contributed by atoms with E-state index in [2.05, 4.69) is 43.4 Å². The van der Waals surface area contributed by atoms with Gasteiger partial charge >= 0.3 is 0 Å². The maximum atomic E-state index is 5.79. The minimum absolute atomic E-state index is 0.285. The third-order valence-corrected chi connectivity index (χ3v) is 2.65. The van der Waals surface area contributed by atoms with Gasteiger partial charge in [-0.05, 0) is 18.9 Å². The number of nitrogens with one attached hydrogen (secondary N) is 1. The SMILES string of the molecule is CCCC(C)NC(CN)c1ccccc1. The van der Waals surface area contributed by atoms with Gasteiger partial charge in [-0.1, -0.05) is 43.7 Å².